The molecule has 0 fully saturated rings. The van der Waals surface area contributed by atoms with Crippen molar-refractivity contribution in [3.63, 3.8) is 0 Å². The molecule has 1 atom stereocenters. The fraction of sp³-hybridized carbons (Fsp3) is 0.960. The molecular formula is C25H52ClNO2S. The van der Waals surface area contributed by atoms with Crippen LogP contribution in [0.2, 0.25) is 0 Å². The van der Waals surface area contributed by atoms with Gasteiger partial charge in [-0.2, -0.15) is 11.8 Å². The fourth-order valence-electron chi connectivity index (χ4n) is 3.73. The number of unbranched alkanes of at least 4 members (excludes halogenated alkanes) is 15. The molecule has 0 aromatic heterocycles. The van der Waals surface area contributed by atoms with Crippen molar-refractivity contribution >= 4 is 30.1 Å². The summed E-state index contributed by atoms with van der Waals surface area (Å²) in [6.07, 6.45) is 22.7. The summed E-state index contributed by atoms with van der Waals surface area (Å²) in [5.74, 6) is 1.93. The Morgan fingerprint density at radius 3 is 1.53 bits per heavy atom. The molecule has 0 saturated heterocycles. The van der Waals surface area contributed by atoms with Gasteiger partial charge in [0.25, 0.3) is 0 Å². The maximum Gasteiger partial charge on any atom is 0.302 e. The summed E-state index contributed by atoms with van der Waals surface area (Å²) < 4.78 is 5.39. The third-order valence-corrected chi connectivity index (χ3v) is 6.53. The maximum absolute atomic E-state index is 11.2. The lowest BCUT2D eigenvalue weighted by atomic mass is 10.0. The van der Waals surface area contributed by atoms with Gasteiger partial charge in [0.2, 0.25) is 0 Å². The highest BCUT2D eigenvalue weighted by Crippen LogP contribution is 2.15. The highest BCUT2D eigenvalue weighted by Gasteiger charge is 2.13. The van der Waals surface area contributed by atoms with Gasteiger partial charge in [-0.05, 0) is 26.3 Å². The summed E-state index contributed by atoms with van der Waals surface area (Å²) >= 11 is 1.93. The molecule has 0 radical (unpaired) electrons. The van der Waals surface area contributed by atoms with E-state index < -0.39 is 0 Å². The van der Waals surface area contributed by atoms with Crippen LogP contribution in [0.25, 0.3) is 0 Å². The van der Waals surface area contributed by atoms with Gasteiger partial charge in [0.05, 0.1) is 0 Å². The van der Waals surface area contributed by atoms with E-state index in [9.17, 15) is 4.79 Å². The van der Waals surface area contributed by atoms with Crippen LogP contribution in [-0.2, 0) is 9.53 Å². The summed E-state index contributed by atoms with van der Waals surface area (Å²) in [6.45, 7) is 4.60. The lowest BCUT2D eigenvalue weighted by Crippen LogP contribution is -2.31. The fourth-order valence-corrected chi connectivity index (χ4v) is 4.74. The molecule has 0 amide bonds. The van der Waals surface area contributed by atoms with Crippen LogP contribution in [0.1, 0.15) is 117 Å². The average Bonchev–Trinajstić information content (AvgIpc) is 2.66. The SMILES string of the molecule is CCCCCCCCCCCCCCCCCCSCC(CN(C)C)OC(C)=O.Cl. The number of esters is 1. The first-order valence-electron chi connectivity index (χ1n) is 12.5. The number of rotatable bonds is 22. The second-order valence-corrected chi connectivity index (χ2v) is 10.0. The van der Waals surface area contributed by atoms with Crippen LogP contribution < -0.4 is 0 Å². The summed E-state index contributed by atoms with van der Waals surface area (Å²) in [5.41, 5.74) is 0. The van der Waals surface area contributed by atoms with E-state index in [1.165, 1.54) is 115 Å². The minimum Gasteiger partial charge on any atom is -0.460 e. The van der Waals surface area contributed by atoms with Crippen molar-refractivity contribution in [2.24, 2.45) is 0 Å². The largest absolute Gasteiger partial charge is 0.460 e. The van der Waals surface area contributed by atoms with Crippen LogP contribution in [0.5, 0.6) is 0 Å². The quantitative estimate of drug-likeness (QED) is 0.120. The summed E-state index contributed by atoms with van der Waals surface area (Å²) in [4.78, 5) is 13.3. The normalized spacial score (nSPS) is 12.0. The molecule has 0 aliphatic rings. The van der Waals surface area contributed by atoms with Gasteiger partial charge < -0.3 is 9.64 Å². The number of halogens is 1. The van der Waals surface area contributed by atoms with E-state index in [4.69, 9.17) is 4.74 Å². The molecule has 0 N–H and O–H groups in total. The first kappa shape index (κ1) is 32.3. The average molecular weight is 466 g/mol. The molecule has 3 nitrogen and oxygen atoms in total. The molecule has 0 aromatic rings. The molecule has 0 aliphatic heterocycles. The zero-order valence-electron chi connectivity index (χ0n) is 20.6. The zero-order chi connectivity index (χ0) is 21.6. The van der Waals surface area contributed by atoms with E-state index in [-0.39, 0.29) is 24.5 Å². The molecule has 0 spiro atoms. The Kier molecular flexibility index (Phi) is 27.2. The van der Waals surface area contributed by atoms with Gasteiger partial charge >= 0.3 is 5.97 Å². The standard InChI is InChI=1S/C25H51NO2S.ClH/c1-5-6-7-8-9-10-11-12-13-14-15-16-17-18-19-20-21-29-23-25(22-26(3)4)28-24(2)27;/h25H,5-23H2,1-4H3;1H. The summed E-state index contributed by atoms with van der Waals surface area (Å²) in [5, 5.41) is 0. The Morgan fingerprint density at radius 1 is 0.767 bits per heavy atom. The summed E-state index contributed by atoms with van der Waals surface area (Å²) in [6, 6.07) is 0. The first-order valence-corrected chi connectivity index (χ1v) is 13.6. The zero-order valence-corrected chi connectivity index (χ0v) is 22.2. The molecule has 182 valence electrons. The number of thioether (sulfide) groups is 1. The van der Waals surface area contributed by atoms with E-state index >= 15 is 0 Å². The van der Waals surface area contributed by atoms with Gasteiger partial charge in [0, 0.05) is 19.2 Å². The number of likely N-dealkylation sites (N-methyl/N-ethyl adjacent to an activating group) is 1. The Labute approximate surface area is 199 Å². The Balaban J connectivity index is 0. The lowest BCUT2D eigenvalue weighted by molar-refractivity contribution is -0.145. The van der Waals surface area contributed by atoms with E-state index in [1.807, 2.05) is 25.9 Å². The van der Waals surface area contributed by atoms with Crippen molar-refractivity contribution in [2.45, 2.75) is 123 Å². The number of hydrogen-bond acceptors (Lipinski definition) is 4. The second-order valence-electron chi connectivity index (χ2n) is 8.87. The van der Waals surface area contributed by atoms with E-state index in [1.54, 1.807) is 0 Å². The van der Waals surface area contributed by atoms with Crippen LogP contribution in [0.15, 0.2) is 0 Å². The molecule has 0 aliphatic carbocycles. The van der Waals surface area contributed by atoms with Crippen molar-refractivity contribution in [3.05, 3.63) is 0 Å². The molecule has 30 heavy (non-hydrogen) atoms. The van der Waals surface area contributed by atoms with Gasteiger partial charge in [0.1, 0.15) is 6.10 Å². The third-order valence-electron chi connectivity index (χ3n) is 5.35. The molecule has 0 aromatic carbocycles. The number of carbonyl (C=O) groups is 1. The minimum absolute atomic E-state index is 0. The predicted octanol–water partition coefficient (Wildman–Crippen LogP) is 7.90. The molecule has 0 heterocycles. The van der Waals surface area contributed by atoms with Crippen LogP contribution in [0, 0.1) is 0 Å². The van der Waals surface area contributed by atoms with Crippen molar-refractivity contribution < 1.29 is 9.53 Å². The van der Waals surface area contributed by atoms with Crippen molar-refractivity contribution in [1.29, 1.82) is 0 Å². The molecule has 0 saturated carbocycles. The third kappa shape index (κ3) is 26.1. The highest BCUT2D eigenvalue weighted by molar-refractivity contribution is 7.99. The maximum atomic E-state index is 11.2. The lowest BCUT2D eigenvalue weighted by Gasteiger charge is -2.20. The molecule has 1 unspecified atom stereocenters. The van der Waals surface area contributed by atoms with Gasteiger partial charge in [-0.25, -0.2) is 0 Å². The molecule has 0 rings (SSSR count). The van der Waals surface area contributed by atoms with Gasteiger partial charge in [-0.3, -0.25) is 4.79 Å². The van der Waals surface area contributed by atoms with Crippen LogP contribution in [0.3, 0.4) is 0 Å². The second kappa shape index (κ2) is 25.3. The number of carbonyl (C=O) groups excluding carboxylic acids is 1. The van der Waals surface area contributed by atoms with Crippen molar-refractivity contribution in [3.8, 4) is 0 Å². The molecule has 0 bridgehead atoms. The molecule has 5 heteroatoms. The Hall–Kier alpha value is 0.0700. The van der Waals surface area contributed by atoms with Crippen molar-refractivity contribution in [2.75, 3.05) is 32.1 Å². The minimum atomic E-state index is -0.167. The van der Waals surface area contributed by atoms with E-state index in [0.29, 0.717) is 0 Å². The van der Waals surface area contributed by atoms with Gasteiger partial charge in [-0.15, -0.1) is 12.4 Å². The number of ether oxygens (including phenoxy) is 1. The smallest absolute Gasteiger partial charge is 0.302 e. The van der Waals surface area contributed by atoms with E-state index in [2.05, 4.69) is 11.8 Å². The van der Waals surface area contributed by atoms with Crippen LogP contribution >= 0.6 is 24.2 Å². The van der Waals surface area contributed by atoms with E-state index in [0.717, 1.165) is 12.3 Å². The van der Waals surface area contributed by atoms with Crippen LogP contribution in [-0.4, -0.2) is 49.1 Å². The van der Waals surface area contributed by atoms with Crippen LogP contribution in [0.4, 0.5) is 0 Å². The first-order chi connectivity index (χ1) is 14.1. The Bertz CT molecular complexity index is 356. The molecular weight excluding hydrogens is 414 g/mol. The Morgan fingerprint density at radius 2 is 1.17 bits per heavy atom. The predicted molar refractivity (Wildman–Crippen MR) is 138 cm³/mol. The highest BCUT2D eigenvalue weighted by atomic mass is 35.5. The summed E-state index contributed by atoms with van der Waals surface area (Å²) in [7, 11) is 4.05. The van der Waals surface area contributed by atoms with Gasteiger partial charge in [0.15, 0.2) is 0 Å². The number of hydrogen-bond donors (Lipinski definition) is 0. The van der Waals surface area contributed by atoms with Crippen molar-refractivity contribution in [1.82, 2.24) is 4.90 Å². The van der Waals surface area contributed by atoms with Gasteiger partial charge in [-0.1, -0.05) is 103 Å². The monoisotopic (exact) mass is 465 g/mol. The topological polar surface area (TPSA) is 29.5 Å². The number of nitrogens with zero attached hydrogens (tertiary/aromatic N) is 1.